The van der Waals surface area contributed by atoms with Crippen LogP contribution in [-0.4, -0.2) is 14.2 Å². The van der Waals surface area contributed by atoms with E-state index < -0.39 is 0 Å². The number of halogens is 3. The molecule has 2 rings (SSSR count). The Bertz CT molecular complexity index is 599. The summed E-state index contributed by atoms with van der Waals surface area (Å²) in [5.74, 6) is 0.274. The molecule has 0 spiro atoms. The molecule has 5 heteroatoms. The lowest BCUT2D eigenvalue weighted by molar-refractivity contribution is 0.404. The van der Waals surface area contributed by atoms with E-state index in [1.54, 1.807) is 38.4 Å². The summed E-state index contributed by atoms with van der Waals surface area (Å²) in [5.41, 5.74) is 1.53. The van der Waals surface area contributed by atoms with Gasteiger partial charge >= 0.3 is 0 Å². The molecule has 0 radical (unpaired) electrons. The molecule has 1 atom stereocenters. The Labute approximate surface area is 127 Å². The predicted molar refractivity (Wildman–Crippen MR) is 80.3 cm³/mol. The van der Waals surface area contributed by atoms with Gasteiger partial charge in [-0.1, -0.05) is 23.2 Å². The van der Waals surface area contributed by atoms with Crippen molar-refractivity contribution in [3.63, 3.8) is 0 Å². The molecule has 2 nitrogen and oxygen atoms in total. The van der Waals surface area contributed by atoms with E-state index in [0.29, 0.717) is 21.4 Å². The summed E-state index contributed by atoms with van der Waals surface area (Å²) in [4.78, 5) is 0. The van der Waals surface area contributed by atoms with E-state index in [1.165, 1.54) is 12.1 Å². The van der Waals surface area contributed by atoms with Gasteiger partial charge in [0.05, 0.1) is 13.2 Å². The van der Waals surface area contributed by atoms with Gasteiger partial charge in [-0.2, -0.15) is 0 Å². The van der Waals surface area contributed by atoms with Crippen molar-refractivity contribution in [2.24, 2.45) is 0 Å². The highest BCUT2D eigenvalue weighted by Gasteiger charge is 2.18. The van der Waals surface area contributed by atoms with Crippen LogP contribution >= 0.6 is 23.2 Å². The molecule has 1 N–H and O–H groups in total. The monoisotopic (exact) mass is 313 g/mol. The third kappa shape index (κ3) is 3.23. The first-order chi connectivity index (χ1) is 9.55. The van der Waals surface area contributed by atoms with Gasteiger partial charge in [0.1, 0.15) is 11.6 Å². The average Bonchev–Trinajstić information content (AvgIpc) is 2.39. The lowest BCUT2D eigenvalue weighted by Gasteiger charge is -2.20. The molecule has 0 fully saturated rings. The Morgan fingerprint density at radius 1 is 1.10 bits per heavy atom. The first-order valence-electron chi connectivity index (χ1n) is 6.02. The molecule has 0 aromatic heterocycles. The van der Waals surface area contributed by atoms with Crippen LogP contribution < -0.4 is 10.1 Å². The molecule has 0 bridgehead atoms. The number of benzene rings is 2. The van der Waals surface area contributed by atoms with E-state index in [4.69, 9.17) is 27.9 Å². The van der Waals surface area contributed by atoms with E-state index in [0.717, 1.165) is 5.56 Å². The van der Waals surface area contributed by atoms with Crippen LogP contribution in [0, 0.1) is 5.82 Å². The van der Waals surface area contributed by atoms with Crippen LogP contribution in [0.15, 0.2) is 36.4 Å². The lowest BCUT2D eigenvalue weighted by Crippen LogP contribution is -2.18. The molecular weight excluding hydrogens is 300 g/mol. The topological polar surface area (TPSA) is 21.3 Å². The van der Waals surface area contributed by atoms with Gasteiger partial charge < -0.3 is 10.1 Å². The Morgan fingerprint density at radius 2 is 1.75 bits per heavy atom. The number of nitrogens with one attached hydrogen (secondary N) is 1. The van der Waals surface area contributed by atoms with Crippen molar-refractivity contribution >= 4 is 23.2 Å². The quantitative estimate of drug-likeness (QED) is 0.900. The molecule has 0 heterocycles. The Kier molecular flexibility index (Phi) is 4.86. The summed E-state index contributed by atoms with van der Waals surface area (Å²) in [6.07, 6.45) is 0. The number of ether oxygens (including phenoxy) is 1. The normalized spacial score (nSPS) is 12.2. The second kappa shape index (κ2) is 6.44. The van der Waals surface area contributed by atoms with Crippen LogP contribution in [-0.2, 0) is 0 Å². The van der Waals surface area contributed by atoms with Crippen LogP contribution in [0.5, 0.6) is 5.75 Å². The van der Waals surface area contributed by atoms with Crippen molar-refractivity contribution in [2.75, 3.05) is 14.2 Å². The fourth-order valence-electron chi connectivity index (χ4n) is 2.17. The van der Waals surface area contributed by atoms with Crippen LogP contribution in [0.4, 0.5) is 4.39 Å². The van der Waals surface area contributed by atoms with Crippen molar-refractivity contribution in [3.8, 4) is 5.75 Å². The number of hydrogen-bond acceptors (Lipinski definition) is 2. The van der Waals surface area contributed by atoms with E-state index >= 15 is 0 Å². The van der Waals surface area contributed by atoms with Gasteiger partial charge in [0.15, 0.2) is 0 Å². The summed E-state index contributed by atoms with van der Waals surface area (Å²) < 4.78 is 18.8. The molecule has 2 aromatic rings. The Morgan fingerprint density at radius 3 is 2.30 bits per heavy atom. The van der Waals surface area contributed by atoms with Crippen molar-refractivity contribution in [3.05, 3.63) is 63.4 Å². The highest BCUT2D eigenvalue weighted by molar-refractivity contribution is 6.34. The zero-order chi connectivity index (χ0) is 14.7. The summed E-state index contributed by atoms with van der Waals surface area (Å²) in [7, 11) is 3.33. The molecule has 106 valence electrons. The van der Waals surface area contributed by atoms with Gasteiger partial charge in [0.25, 0.3) is 0 Å². The Balaban J connectivity index is 2.54. The van der Waals surface area contributed by atoms with Crippen molar-refractivity contribution in [1.29, 1.82) is 0 Å². The molecule has 0 aliphatic carbocycles. The fraction of sp³-hybridized carbons (Fsp3) is 0.200. The number of rotatable bonds is 4. The molecule has 2 aromatic carbocycles. The molecule has 0 saturated carbocycles. The number of methoxy groups -OCH3 is 1. The average molecular weight is 314 g/mol. The highest BCUT2D eigenvalue weighted by Crippen LogP contribution is 2.33. The molecule has 0 aliphatic heterocycles. The van der Waals surface area contributed by atoms with Gasteiger partial charge in [-0.15, -0.1) is 0 Å². The van der Waals surface area contributed by atoms with Gasteiger partial charge in [0.2, 0.25) is 0 Å². The minimum atomic E-state index is -0.325. The van der Waals surface area contributed by atoms with Crippen molar-refractivity contribution in [1.82, 2.24) is 5.32 Å². The standard InChI is InChI=1S/C15H14Cl2FNO/c1-19-15(9-5-10(16)7-11(17)6-9)13-8-12(18)3-4-14(13)20-2/h3-8,15,19H,1-2H3. The zero-order valence-electron chi connectivity index (χ0n) is 11.1. The molecule has 0 amide bonds. The van der Waals surface area contributed by atoms with E-state index in [1.807, 2.05) is 0 Å². The van der Waals surface area contributed by atoms with Crippen LogP contribution in [0.2, 0.25) is 10.0 Å². The second-order valence-electron chi connectivity index (χ2n) is 4.31. The summed E-state index contributed by atoms with van der Waals surface area (Å²) >= 11 is 12.1. The fourth-order valence-corrected chi connectivity index (χ4v) is 2.72. The minimum absolute atomic E-state index is 0.267. The zero-order valence-corrected chi connectivity index (χ0v) is 12.6. The Hall–Kier alpha value is -1.29. The molecule has 0 saturated heterocycles. The third-order valence-electron chi connectivity index (χ3n) is 3.01. The van der Waals surface area contributed by atoms with Gasteiger partial charge in [-0.3, -0.25) is 0 Å². The van der Waals surface area contributed by atoms with Gasteiger partial charge in [0, 0.05) is 15.6 Å². The molecule has 20 heavy (non-hydrogen) atoms. The maximum atomic E-state index is 13.5. The molecular formula is C15H14Cl2FNO. The predicted octanol–water partition coefficient (Wildman–Crippen LogP) is 4.45. The van der Waals surface area contributed by atoms with Crippen LogP contribution in [0.25, 0.3) is 0 Å². The molecule has 0 aliphatic rings. The maximum absolute atomic E-state index is 13.5. The second-order valence-corrected chi connectivity index (χ2v) is 5.18. The maximum Gasteiger partial charge on any atom is 0.124 e. The van der Waals surface area contributed by atoms with Gasteiger partial charge in [-0.05, 0) is 49.0 Å². The first-order valence-corrected chi connectivity index (χ1v) is 6.77. The lowest BCUT2D eigenvalue weighted by atomic mass is 9.98. The largest absolute Gasteiger partial charge is 0.496 e. The summed E-state index contributed by atoms with van der Waals surface area (Å²) in [5, 5.41) is 4.19. The highest BCUT2D eigenvalue weighted by atomic mass is 35.5. The van der Waals surface area contributed by atoms with E-state index in [-0.39, 0.29) is 11.9 Å². The van der Waals surface area contributed by atoms with Crippen LogP contribution in [0.1, 0.15) is 17.2 Å². The third-order valence-corrected chi connectivity index (χ3v) is 3.45. The summed E-state index contributed by atoms with van der Waals surface area (Å²) in [6.45, 7) is 0. The minimum Gasteiger partial charge on any atom is -0.496 e. The summed E-state index contributed by atoms with van der Waals surface area (Å²) in [6, 6.07) is 9.37. The van der Waals surface area contributed by atoms with Crippen molar-refractivity contribution in [2.45, 2.75) is 6.04 Å². The van der Waals surface area contributed by atoms with E-state index in [9.17, 15) is 4.39 Å². The molecule has 1 unspecified atom stereocenters. The first kappa shape index (κ1) is 15.1. The van der Waals surface area contributed by atoms with Crippen LogP contribution in [0.3, 0.4) is 0 Å². The smallest absolute Gasteiger partial charge is 0.124 e. The van der Waals surface area contributed by atoms with Gasteiger partial charge in [-0.25, -0.2) is 4.39 Å². The SMILES string of the molecule is CNC(c1cc(Cl)cc(Cl)c1)c1cc(F)ccc1OC. The van der Waals surface area contributed by atoms with Crippen molar-refractivity contribution < 1.29 is 9.13 Å². The number of hydrogen-bond donors (Lipinski definition) is 1. The van der Waals surface area contributed by atoms with E-state index in [2.05, 4.69) is 5.32 Å².